The van der Waals surface area contributed by atoms with Crippen molar-refractivity contribution in [2.75, 3.05) is 18.4 Å². The Balaban J connectivity index is 1.18. The summed E-state index contributed by atoms with van der Waals surface area (Å²) in [6.07, 6.45) is 3.37. The number of hydrogen-bond acceptors (Lipinski definition) is 5. The van der Waals surface area contributed by atoms with Gasteiger partial charge in [-0.25, -0.2) is 0 Å². The number of likely N-dealkylation sites (tertiary alicyclic amines) is 1. The molecule has 172 valence electrons. The van der Waals surface area contributed by atoms with Crippen LogP contribution in [0.1, 0.15) is 28.5 Å². The van der Waals surface area contributed by atoms with E-state index in [0.717, 1.165) is 40.0 Å². The van der Waals surface area contributed by atoms with Crippen molar-refractivity contribution in [1.82, 2.24) is 14.5 Å². The van der Waals surface area contributed by atoms with Crippen molar-refractivity contribution in [1.29, 1.82) is 0 Å². The minimum Gasteiger partial charge on any atom is -0.376 e. The van der Waals surface area contributed by atoms with Crippen LogP contribution in [-0.2, 0) is 24.3 Å². The molecular formula is C27H26N4O2S. The lowest BCUT2D eigenvalue weighted by molar-refractivity contribution is -0.133. The van der Waals surface area contributed by atoms with Gasteiger partial charge in [0.05, 0.1) is 11.9 Å². The van der Waals surface area contributed by atoms with Crippen molar-refractivity contribution >= 4 is 33.8 Å². The SMILES string of the molecule is O=C(Cc1cccs1)N1CC2CC(C1)c1ccc(NCc3cnc4ccccc4c3)c(=O)n1C2. The molecule has 2 aliphatic heterocycles. The molecule has 6 nitrogen and oxygen atoms in total. The van der Waals surface area contributed by atoms with E-state index in [4.69, 9.17) is 0 Å². The van der Waals surface area contributed by atoms with Crippen molar-refractivity contribution in [2.24, 2.45) is 5.92 Å². The summed E-state index contributed by atoms with van der Waals surface area (Å²) in [6.45, 7) is 2.63. The largest absolute Gasteiger partial charge is 0.376 e. The van der Waals surface area contributed by atoms with Crippen LogP contribution < -0.4 is 10.9 Å². The monoisotopic (exact) mass is 470 g/mol. The Morgan fingerprint density at radius 3 is 2.88 bits per heavy atom. The third-order valence-electron chi connectivity index (χ3n) is 6.99. The summed E-state index contributed by atoms with van der Waals surface area (Å²) in [6, 6.07) is 18.1. The molecule has 1 amide bonds. The van der Waals surface area contributed by atoms with Gasteiger partial charge in [0.15, 0.2) is 0 Å². The van der Waals surface area contributed by atoms with Gasteiger partial charge in [-0.05, 0) is 53.6 Å². The van der Waals surface area contributed by atoms with Crippen LogP contribution in [0, 0.1) is 5.92 Å². The molecule has 0 spiro atoms. The van der Waals surface area contributed by atoms with Gasteiger partial charge < -0.3 is 14.8 Å². The highest BCUT2D eigenvalue weighted by Gasteiger charge is 2.36. The van der Waals surface area contributed by atoms with Crippen molar-refractivity contribution in [2.45, 2.75) is 31.8 Å². The van der Waals surface area contributed by atoms with Crippen LogP contribution in [0.5, 0.6) is 0 Å². The Morgan fingerprint density at radius 1 is 1.09 bits per heavy atom. The Hall–Kier alpha value is -3.45. The second-order valence-electron chi connectivity index (χ2n) is 9.33. The number of fused-ring (bicyclic) bond motifs is 5. The zero-order valence-electron chi connectivity index (χ0n) is 18.8. The van der Waals surface area contributed by atoms with Gasteiger partial charge in [0.25, 0.3) is 5.56 Å². The van der Waals surface area contributed by atoms with Gasteiger partial charge in [-0.15, -0.1) is 11.3 Å². The molecule has 6 rings (SSSR count). The van der Waals surface area contributed by atoms with Crippen LogP contribution in [0.25, 0.3) is 10.9 Å². The van der Waals surface area contributed by atoms with Crippen LogP contribution >= 0.6 is 11.3 Å². The summed E-state index contributed by atoms with van der Waals surface area (Å²) in [5.41, 5.74) is 3.70. The van der Waals surface area contributed by atoms with Gasteiger partial charge in [0.1, 0.15) is 5.69 Å². The molecule has 0 aliphatic carbocycles. The number of piperidine rings is 1. The first kappa shape index (κ1) is 21.1. The van der Waals surface area contributed by atoms with Crippen molar-refractivity contribution in [3.63, 3.8) is 0 Å². The topological polar surface area (TPSA) is 67.2 Å². The maximum atomic E-state index is 13.3. The molecule has 1 N–H and O–H groups in total. The molecule has 1 aromatic carbocycles. The van der Waals surface area contributed by atoms with Crippen molar-refractivity contribution in [3.05, 3.63) is 92.7 Å². The van der Waals surface area contributed by atoms with Gasteiger partial charge in [-0.1, -0.05) is 24.3 Å². The van der Waals surface area contributed by atoms with E-state index in [1.54, 1.807) is 11.3 Å². The second-order valence-corrected chi connectivity index (χ2v) is 10.4. The average molecular weight is 471 g/mol. The third kappa shape index (κ3) is 4.01. The first-order valence-corrected chi connectivity index (χ1v) is 12.6. The van der Waals surface area contributed by atoms with E-state index < -0.39 is 0 Å². The van der Waals surface area contributed by atoms with E-state index in [2.05, 4.69) is 22.4 Å². The van der Waals surface area contributed by atoms with E-state index >= 15 is 0 Å². The number of pyridine rings is 2. The summed E-state index contributed by atoms with van der Waals surface area (Å²) >= 11 is 1.63. The number of carbonyl (C=O) groups excluding carboxylic acids is 1. The molecule has 34 heavy (non-hydrogen) atoms. The number of thiophene rings is 1. The van der Waals surface area contributed by atoms with Crippen LogP contribution in [0.15, 0.2) is 71.0 Å². The zero-order chi connectivity index (χ0) is 23.1. The Labute approximate surface area is 201 Å². The molecule has 1 fully saturated rings. The molecule has 0 radical (unpaired) electrons. The molecule has 2 atom stereocenters. The summed E-state index contributed by atoms with van der Waals surface area (Å²) in [5.74, 6) is 0.720. The van der Waals surface area contributed by atoms with Crippen LogP contribution in [0.3, 0.4) is 0 Å². The molecule has 7 heteroatoms. The Bertz CT molecular complexity index is 1410. The van der Waals surface area contributed by atoms with Gasteiger partial charge in [-0.3, -0.25) is 14.6 Å². The molecule has 1 saturated heterocycles. The Kier molecular flexibility index (Phi) is 5.41. The zero-order valence-corrected chi connectivity index (χ0v) is 19.6. The quantitative estimate of drug-likeness (QED) is 0.473. The second kappa shape index (κ2) is 8.72. The fourth-order valence-corrected chi connectivity index (χ4v) is 6.06. The Morgan fingerprint density at radius 2 is 2.00 bits per heavy atom. The highest BCUT2D eigenvalue weighted by atomic mass is 32.1. The molecular weight excluding hydrogens is 444 g/mol. The lowest BCUT2D eigenvalue weighted by Gasteiger charge is -2.43. The number of amides is 1. The number of nitrogens with one attached hydrogen (secondary N) is 1. The molecule has 2 unspecified atom stereocenters. The number of aromatic nitrogens is 2. The maximum Gasteiger partial charge on any atom is 0.274 e. The van der Waals surface area contributed by atoms with E-state index in [-0.39, 0.29) is 17.4 Å². The summed E-state index contributed by atoms with van der Waals surface area (Å²) in [4.78, 5) is 33.8. The number of para-hydroxylation sites is 1. The normalized spacial score (nSPS) is 19.1. The van der Waals surface area contributed by atoms with Gasteiger partial charge in [-0.2, -0.15) is 0 Å². The number of nitrogens with zero attached hydrogens (tertiary/aromatic N) is 3. The first-order valence-electron chi connectivity index (χ1n) is 11.8. The lowest BCUT2D eigenvalue weighted by atomic mass is 9.83. The fraction of sp³-hybridized carbons (Fsp3) is 0.296. The highest BCUT2D eigenvalue weighted by Crippen LogP contribution is 2.35. The predicted octanol–water partition coefficient (Wildman–Crippen LogP) is 4.26. The number of benzene rings is 1. The first-order chi connectivity index (χ1) is 16.6. The van der Waals surface area contributed by atoms with Crippen LogP contribution in [0.2, 0.25) is 0 Å². The lowest BCUT2D eigenvalue weighted by Crippen LogP contribution is -2.49. The molecule has 2 aliphatic rings. The maximum absolute atomic E-state index is 13.3. The molecule has 5 heterocycles. The van der Waals surface area contributed by atoms with E-state index in [0.29, 0.717) is 37.7 Å². The number of hydrogen-bond donors (Lipinski definition) is 1. The molecule has 2 bridgehead atoms. The predicted molar refractivity (Wildman–Crippen MR) is 135 cm³/mol. The molecule has 4 aromatic rings. The summed E-state index contributed by atoms with van der Waals surface area (Å²) in [5, 5.41) is 6.43. The van der Waals surface area contributed by atoms with Gasteiger partial charge in [0.2, 0.25) is 5.91 Å². The summed E-state index contributed by atoms with van der Waals surface area (Å²) < 4.78 is 1.93. The summed E-state index contributed by atoms with van der Waals surface area (Å²) in [7, 11) is 0. The van der Waals surface area contributed by atoms with E-state index in [1.807, 2.05) is 63.5 Å². The number of carbonyl (C=O) groups is 1. The van der Waals surface area contributed by atoms with Crippen molar-refractivity contribution < 1.29 is 4.79 Å². The smallest absolute Gasteiger partial charge is 0.274 e. The van der Waals surface area contributed by atoms with Gasteiger partial charge >= 0.3 is 0 Å². The molecule has 3 aromatic heterocycles. The fourth-order valence-electron chi connectivity index (χ4n) is 5.37. The highest BCUT2D eigenvalue weighted by molar-refractivity contribution is 7.10. The number of rotatable bonds is 5. The van der Waals surface area contributed by atoms with Crippen LogP contribution in [0.4, 0.5) is 5.69 Å². The van der Waals surface area contributed by atoms with E-state index in [9.17, 15) is 9.59 Å². The van der Waals surface area contributed by atoms with E-state index in [1.165, 1.54) is 0 Å². The average Bonchev–Trinajstić information content (AvgIpc) is 3.37. The molecule has 0 saturated carbocycles. The minimum atomic E-state index is 0.0271. The van der Waals surface area contributed by atoms with Gasteiger partial charge in [0, 0.05) is 54.3 Å². The van der Waals surface area contributed by atoms with Crippen molar-refractivity contribution in [3.8, 4) is 0 Å². The number of anilines is 1. The minimum absolute atomic E-state index is 0.0271. The van der Waals surface area contributed by atoms with Crippen LogP contribution in [-0.4, -0.2) is 33.4 Å². The standard InChI is InChI=1S/C27H26N4O2S/c32-26(12-22-5-3-9-34-22)30-15-19-11-21(17-30)25-8-7-24(27(33)31(25)16-19)29-14-18-10-20-4-1-2-6-23(20)28-13-18/h1-10,13,19,21,29H,11-12,14-17H2. The third-order valence-corrected chi connectivity index (χ3v) is 7.87.